The summed E-state index contributed by atoms with van der Waals surface area (Å²) in [4.78, 5) is 0. The third-order valence-electron chi connectivity index (χ3n) is 2.05. The maximum Gasteiger partial charge on any atom is 0.171 e. The van der Waals surface area contributed by atoms with Crippen molar-refractivity contribution < 1.29 is 0 Å². The Balaban J connectivity index is 1.86. The standard InChI is InChI=1S/C9H14N6/c1-14-7-8(10)9(13-14)11-4-6-15-5-2-3-12-15/h2-3,5,7H,4,6,10H2,1H3,(H,11,13). The molecule has 0 aliphatic heterocycles. The van der Waals surface area contributed by atoms with E-state index in [4.69, 9.17) is 5.73 Å². The van der Waals surface area contributed by atoms with Gasteiger partial charge in [-0.15, -0.1) is 0 Å². The average molecular weight is 206 g/mol. The SMILES string of the molecule is Cn1cc(N)c(NCCn2cccn2)n1. The third-order valence-corrected chi connectivity index (χ3v) is 2.05. The molecule has 0 aromatic carbocycles. The summed E-state index contributed by atoms with van der Waals surface area (Å²) in [7, 11) is 1.84. The monoisotopic (exact) mass is 206 g/mol. The zero-order valence-corrected chi connectivity index (χ0v) is 8.59. The van der Waals surface area contributed by atoms with E-state index in [9.17, 15) is 0 Å². The van der Waals surface area contributed by atoms with Crippen LogP contribution in [0.5, 0.6) is 0 Å². The molecule has 15 heavy (non-hydrogen) atoms. The van der Waals surface area contributed by atoms with Gasteiger partial charge in [-0.25, -0.2) is 0 Å². The van der Waals surface area contributed by atoms with Crippen molar-refractivity contribution >= 4 is 11.5 Å². The van der Waals surface area contributed by atoms with Gasteiger partial charge in [0.05, 0.1) is 12.2 Å². The molecule has 6 nitrogen and oxygen atoms in total. The molecule has 6 heteroatoms. The Bertz CT molecular complexity index is 416. The molecule has 0 aliphatic rings. The van der Waals surface area contributed by atoms with E-state index >= 15 is 0 Å². The smallest absolute Gasteiger partial charge is 0.171 e. The van der Waals surface area contributed by atoms with E-state index < -0.39 is 0 Å². The van der Waals surface area contributed by atoms with Crippen LogP contribution in [0.25, 0.3) is 0 Å². The highest BCUT2D eigenvalue weighted by Crippen LogP contribution is 2.13. The quantitative estimate of drug-likeness (QED) is 0.755. The van der Waals surface area contributed by atoms with Crippen LogP contribution in [0.15, 0.2) is 24.7 Å². The molecule has 3 N–H and O–H groups in total. The summed E-state index contributed by atoms with van der Waals surface area (Å²) < 4.78 is 3.54. The Kier molecular flexibility index (Phi) is 2.57. The normalized spacial score (nSPS) is 10.5. The van der Waals surface area contributed by atoms with E-state index in [0.29, 0.717) is 5.69 Å². The molecule has 0 atom stereocenters. The van der Waals surface area contributed by atoms with E-state index in [0.717, 1.165) is 18.9 Å². The molecule has 0 bridgehead atoms. The van der Waals surface area contributed by atoms with Gasteiger partial charge in [-0.3, -0.25) is 9.36 Å². The van der Waals surface area contributed by atoms with Crippen LogP contribution in [0, 0.1) is 0 Å². The first-order valence-corrected chi connectivity index (χ1v) is 4.76. The maximum absolute atomic E-state index is 5.73. The van der Waals surface area contributed by atoms with Crippen LogP contribution in [0.4, 0.5) is 11.5 Å². The van der Waals surface area contributed by atoms with Crippen LogP contribution in [-0.4, -0.2) is 26.1 Å². The molecule has 0 aliphatic carbocycles. The van der Waals surface area contributed by atoms with Gasteiger partial charge in [0.1, 0.15) is 0 Å². The van der Waals surface area contributed by atoms with E-state index in [1.54, 1.807) is 17.1 Å². The predicted molar refractivity (Wildman–Crippen MR) is 58.3 cm³/mol. The molecule has 0 saturated carbocycles. The second-order valence-corrected chi connectivity index (χ2v) is 3.30. The van der Waals surface area contributed by atoms with Crippen molar-refractivity contribution in [1.29, 1.82) is 0 Å². The fourth-order valence-corrected chi connectivity index (χ4v) is 1.37. The number of nitrogens with one attached hydrogen (secondary N) is 1. The number of anilines is 2. The lowest BCUT2D eigenvalue weighted by Crippen LogP contribution is -2.12. The zero-order chi connectivity index (χ0) is 10.7. The average Bonchev–Trinajstić information content (AvgIpc) is 2.77. The second kappa shape index (κ2) is 4.04. The maximum atomic E-state index is 5.73. The van der Waals surface area contributed by atoms with Crippen molar-refractivity contribution in [1.82, 2.24) is 19.6 Å². The van der Waals surface area contributed by atoms with Crippen LogP contribution >= 0.6 is 0 Å². The van der Waals surface area contributed by atoms with Crippen LogP contribution in [0.2, 0.25) is 0 Å². The Morgan fingerprint density at radius 1 is 1.53 bits per heavy atom. The van der Waals surface area contributed by atoms with Gasteiger partial charge >= 0.3 is 0 Å². The Morgan fingerprint density at radius 2 is 2.40 bits per heavy atom. The lowest BCUT2D eigenvalue weighted by Gasteiger charge is -2.03. The van der Waals surface area contributed by atoms with Gasteiger partial charge in [0, 0.05) is 32.2 Å². The van der Waals surface area contributed by atoms with Gasteiger partial charge in [0.25, 0.3) is 0 Å². The van der Waals surface area contributed by atoms with E-state index in [1.165, 1.54) is 0 Å². The highest BCUT2D eigenvalue weighted by molar-refractivity contribution is 5.59. The first kappa shape index (κ1) is 9.57. The fourth-order valence-electron chi connectivity index (χ4n) is 1.37. The number of rotatable bonds is 4. The Morgan fingerprint density at radius 3 is 3.00 bits per heavy atom. The summed E-state index contributed by atoms with van der Waals surface area (Å²) in [6, 6.07) is 1.90. The number of hydrogen-bond acceptors (Lipinski definition) is 4. The minimum atomic E-state index is 0.665. The van der Waals surface area contributed by atoms with Gasteiger partial charge in [-0.2, -0.15) is 10.2 Å². The minimum absolute atomic E-state index is 0.665. The highest BCUT2D eigenvalue weighted by atomic mass is 15.3. The summed E-state index contributed by atoms with van der Waals surface area (Å²) in [5.41, 5.74) is 6.40. The van der Waals surface area contributed by atoms with Crippen molar-refractivity contribution in [2.75, 3.05) is 17.6 Å². The number of aromatic nitrogens is 4. The molecule has 2 heterocycles. The van der Waals surface area contributed by atoms with Crippen molar-refractivity contribution in [2.45, 2.75) is 6.54 Å². The van der Waals surface area contributed by atoms with Gasteiger partial charge in [-0.05, 0) is 6.07 Å². The zero-order valence-electron chi connectivity index (χ0n) is 8.59. The van der Waals surface area contributed by atoms with Crippen LogP contribution < -0.4 is 11.1 Å². The van der Waals surface area contributed by atoms with E-state index in [-0.39, 0.29) is 0 Å². The highest BCUT2D eigenvalue weighted by Gasteiger charge is 2.02. The van der Waals surface area contributed by atoms with Crippen molar-refractivity contribution in [3.63, 3.8) is 0 Å². The van der Waals surface area contributed by atoms with Crippen molar-refractivity contribution in [2.24, 2.45) is 7.05 Å². The van der Waals surface area contributed by atoms with Gasteiger partial charge in [0.2, 0.25) is 0 Å². The van der Waals surface area contributed by atoms with Gasteiger partial charge in [0.15, 0.2) is 5.82 Å². The molecule has 0 fully saturated rings. The Hall–Kier alpha value is -1.98. The predicted octanol–water partition coefficient (Wildman–Crippen LogP) is 0.311. The summed E-state index contributed by atoms with van der Waals surface area (Å²) in [5, 5.41) is 11.4. The van der Waals surface area contributed by atoms with E-state index in [1.807, 2.05) is 24.0 Å². The topological polar surface area (TPSA) is 73.7 Å². The lowest BCUT2D eigenvalue weighted by molar-refractivity contribution is 0.636. The number of hydrogen-bond donors (Lipinski definition) is 2. The van der Waals surface area contributed by atoms with E-state index in [2.05, 4.69) is 15.5 Å². The summed E-state index contributed by atoms with van der Waals surface area (Å²) >= 11 is 0. The Labute approximate surface area is 87.7 Å². The number of aryl methyl sites for hydroxylation is 1. The molecular weight excluding hydrogens is 192 g/mol. The molecule has 0 spiro atoms. The summed E-state index contributed by atoms with van der Waals surface area (Å²) in [6.45, 7) is 1.55. The molecule has 2 aromatic heterocycles. The first-order valence-electron chi connectivity index (χ1n) is 4.76. The molecule has 0 unspecified atom stereocenters. The molecule has 0 radical (unpaired) electrons. The molecule has 0 amide bonds. The van der Waals surface area contributed by atoms with Crippen molar-refractivity contribution in [3.8, 4) is 0 Å². The van der Waals surface area contributed by atoms with Crippen LogP contribution in [-0.2, 0) is 13.6 Å². The lowest BCUT2D eigenvalue weighted by atomic mass is 10.5. The molecule has 80 valence electrons. The largest absolute Gasteiger partial charge is 0.394 e. The summed E-state index contributed by atoms with van der Waals surface area (Å²) in [6.07, 6.45) is 5.45. The first-order chi connectivity index (χ1) is 7.25. The fraction of sp³-hybridized carbons (Fsp3) is 0.333. The molecule has 2 rings (SSSR count). The van der Waals surface area contributed by atoms with Crippen molar-refractivity contribution in [3.05, 3.63) is 24.7 Å². The number of nitrogen functional groups attached to an aromatic ring is 1. The second-order valence-electron chi connectivity index (χ2n) is 3.30. The number of nitrogens with zero attached hydrogens (tertiary/aromatic N) is 4. The van der Waals surface area contributed by atoms with Gasteiger partial charge < -0.3 is 11.1 Å². The third kappa shape index (κ3) is 2.28. The van der Waals surface area contributed by atoms with Crippen LogP contribution in [0.1, 0.15) is 0 Å². The molecule has 2 aromatic rings. The minimum Gasteiger partial charge on any atom is -0.394 e. The van der Waals surface area contributed by atoms with Gasteiger partial charge in [-0.1, -0.05) is 0 Å². The molecule has 0 saturated heterocycles. The molecular formula is C9H14N6. The van der Waals surface area contributed by atoms with Crippen LogP contribution in [0.3, 0.4) is 0 Å². The number of nitrogens with two attached hydrogens (primary N) is 1. The summed E-state index contributed by atoms with van der Waals surface area (Å²) in [5.74, 6) is 0.727.